The molecule has 1 amide bonds. The van der Waals surface area contributed by atoms with Crippen LogP contribution in [0.1, 0.15) is 24.3 Å². The summed E-state index contributed by atoms with van der Waals surface area (Å²) in [6.07, 6.45) is 0. The number of benzene rings is 1. The molecule has 6 nitrogen and oxygen atoms in total. The molecule has 0 spiro atoms. The maximum Gasteiger partial charge on any atom is 0.257 e. The number of aromatic nitrogens is 1. The molecule has 2 heterocycles. The van der Waals surface area contributed by atoms with E-state index in [1.165, 1.54) is 0 Å². The highest BCUT2D eigenvalue weighted by Crippen LogP contribution is 2.31. The van der Waals surface area contributed by atoms with Gasteiger partial charge >= 0.3 is 0 Å². The lowest BCUT2D eigenvalue weighted by atomic mass is 9.94. The van der Waals surface area contributed by atoms with Crippen LogP contribution in [-0.2, 0) is 4.79 Å². The van der Waals surface area contributed by atoms with E-state index >= 15 is 0 Å². The predicted molar refractivity (Wildman–Crippen MR) is 103 cm³/mol. The molecule has 8 heteroatoms. The van der Waals surface area contributed by atoms with Crippen molar-refractivity contribution in [3.8, 4) is 0 Å². The van der Waals surface area contributed by atoms with Crippen molar-refractivity contribution in [1.29, 1.82) is 0 Å². The van der Waals surface area contributed by atoms with Crippen LogP contribution in [0.15, 0.2) is 50.6 Å². The van der Waals surface area contributed by atoms with Crippen molar-refractivity contribution in [3.05, 3.63) is 57.4 Å². The maximum atomic E-state index is 12.9. The summed E-state index contributed by atoms with van der Waals surface area (Å²) in [6.45, 7) is 3.65. The van der Waals surface area contributed by atoms with Crippen LogP contribution >= 0.6 is 28.1 Å². The van der Waals surface area contributed by atoms with Crippen LogP contribution in [0.5, 0.6) is 0 Å². The van der Waals surface area contributed by atoms with Crippen molar-refractivity contribution < 1.29 is 9.32 Å². The van der Waals surface area contributed by atoms with Crippen LogP contribution in [0.2, 0.25) is 0 Å². The number of carbonyl (C=O) groups is 1. The van der Waals surface area contributed by atoms with E-state index in [1.807, 2.05) is 38.2 Å². The van der Waals surface area contributed by atoms with Crippen molar-refractivity contribution in [3.63, 3.8) is 0 Å². The average molecular weight is 421 g/mol. The molecule has 0 aliphatic carbocycles. The van der Waals surface area contributed by atoms with Gasteiger partial charge in [-0.25, -0.2) is 0 Å². The van der Waals surface area contributed by atoms with Gasteiger partial charge in [0.05, 0.1) is 11.6 Å². The third kappa shape index (κ3) is 3.59. The van der Waals surface area contributed by atoms with Crippen molar-refractivity contribution in [2.75, 3.05) is 12.4 Å². The second kappa shape index (κ2) is 6.97. The second-order valence-corrected chi connectivity index (χ2v) is 7.07. The van der Waals surface area contributed by atoms with E-state index in [-0.39, 0.29) is 11.9 Å². The van der Waals surface area contributed by atoms with E-state index in [0.29, 0.717) is 22.3 Å². The first-order valence-electron chi connectivity index (χ1n) is 7.62. The molecule has 0 saturated carbocycles. The van der Waals surface area contributed by atoms with Gasteiger partial charge in [-0.2, -0.15) is 0 Å². The summed E-state index contributed by atoms with van der Waals surface area (Å²) in [6, 6.07) is 9.10. The number of anilines is 1. The largest absolute Gasteiger partial charge is 0.360 e. The topological polar surface area (TPSA) is 70.4 Å². The number of carbonyl (C=O) groups excluding carboxylic acids is 1. The molecule has 25 heavy (non-hydrogen) atoms. The fourth-order valence-electron chi connectivity index (χ4n) is 2.67. The standard InChI is InChI=1S/C17H17BrN4O2S/c1-9-7-13(21-24-9)19-16(23)14-10(2)22(3)17(25)20-15(14)11-5-4-6-12(18)8-11/h4-8,15H,1-3H3,(H,20,25)(H,19,21,23)/t15-/m0/s1. The highest BCUT2D eigenvalue weighted by molar-refractivity contribution is 9.10. The molecule has 2 aromatic rings. The smallest absolute Gasteiger partial charge is 0.257 e. The van der Waals surface area contributed by atoms with Crippen LogP contribution in [0.25, 0.3) is 0 Å². The molecule has 130 valence electrons. The van der Waals surface area contributed by atoms with Gasteiger partial charge in [-0.3, -0.25) is 4.79 Å². The van der Waals surface area contributed by atoms with Crippen molar-refractivity contribution in [2.45, 2.75) is 19.9 Å². The zero-order chi connectivity index (χ0) is 18.1. The number of hydrogen-bond donors (Lipinski definition) is 2. The molecule has 0 fully saturated rings. The number of hydrogen-bond acceptors (Lipinski definition) is 4. The fraction of sp³-hybridized carbons (Fsp3) is 0.235. The first kappa shape index (κ1) is 17.6. The Labute approximate surface area is 159 Å². The summed E-state index contributed by atoms with van der Waals surface area (Å²) in [5.74, 6) is 0.758. The zero-order valence-corrected chi connectivity index (χ0v) is 16.4. The quantitative estimate of drug-likeness (QED) is 0.740. The SMILES string of the molecule is CC1=C(C(=O)Nc2cc(C)on2)[C@H](c2cccc(Br)c2)NC(=S)N1C. The number of nitrogens with one attached hydrogen (secondary N) is 2. The summed E-state index contributed by atoms with van der Waals surface area (Å²) in [7, 11) is 1.83. The molecule has 0 saturated heterocycles. The number of thiocarbonyl (C=S) groups is 1. The van der Waals surface area contributed by atoms with Gasteiger partial charge in [0.2, 0.25) is 0 Å². The van der Waals surface area contributed by atoms with E-state index < -0.39 is 0 Å². The van der Waals surface area contributed by atoms with Gasteiger partial charge < -0.3 is 20.1 Å². The number of nitrogens with zero attached hydrogens (tertiary/aromatic N) is 2. The zero-order valence-electron chi connectivity index (χ0n) is 14.0. The molecule has 3 rings (SSSR count). The fourth-order valence-corrected chi connectivity index (χ4v) is 3.35. The average Bonchev–Trinajstić information content (AvgIpc) is 2.97. The van der Waals surface area contributed by atoms with Gasteiger partial charge in [-0.05, 0) is 43.8 Å². The maximum absolute atomic E-state index is 12.9. The minimum atomic E-state index is -0.353. The molecule has 1 aliphatic rings. The minimum Gasteiger partial charge on any atom is -0.360 e. The third-order valence-electron chi connectivity index (χ3n) is 4.05. The van der Waals surface area contributed by atoms with Crippen LogP contribution in [0.4, 0.5) is 5.82 Å². The van der Waals surface area contributed by atoms with Gasteiger partial charge in [-0.1, -0.05) is 33.2 Å². The number of halogens is 1. The lowest BCUT2D eigenvalue weighted by Crippen LogP contribution is -2.46. The highest BCUT2D eigenvalue weighted by Gasteiger charge is 2.32. The second-order valence-electron chi connectivity index (χ2n) is 5.77. The molecular weight excluding hydrogens is 404 g/mol. The van der Waals surface area contributed by atoms with Crippen LogP contribution in [0.3, 0.4) is 0 Å². The van der Waals surface area contributed by atoms with Crippen molar-refractivity contribution in [1.82, 2.24) is 15.4 Å². The molecular formula is C17H17BrN4O2S. The summed E-state index contributed by atoms with van der Waals surface area (Å²) >= 11 is 8.87. The highest BCUT2D eigenvalue weighted by atomic mass is 79.9. The number of allylic oxidation sites excluding steroid dienone is 1. The molecule has 1 aromatic heterocycles. The Balaban J connectivity index is 2.00. The Morgan fingerprint density at radius 3 is 2.80 bits per heavy atom. The Morgan fingerprint density at radius 1 is 1.40 bits per heavy atom. The van der Waals surface area contributed by atoms with E-state index in [2.05, 4.69) is 31.7 Å². The summed E-state index contributed by atoms with van der Waals surface area (Å²) in [5.41, 5.74) is 2.30. The Bertz CT molecular complexity index is 877. The van der Waals surface area contributed by atoms with E-state index in [0.717, 1.165) is 15.7 Å². The van der Waals surface area contributed by atoms with Gasteiger partial charge in [0.25, 0.3) is 5.91 Å². The van der Waals surface area contributed by atoms with E-state index in [4.69, 9.17) is 16.7 Å². The van der Waals surface area contributed by atoms with E-state index in [1.54, 1.807) is 17.9 Å². The molecule has 2 N–H and O–H groups in total. The normalized spacial score (nSPS) is 17.5. The molecule has 1 aromatic carbocycles. The number of amides is 1. The van der Waals surface area contributed by atoms with Gasteiger partial charge in [-0.15, -0.1) is 0 Å². The van der Waals surface area contributed by atoms with Gasteiger partial charge in [0, 0.05) is 23.3 Å². The van der Waals surface area contributed by atoms with Crippen molar-refractivity contribution >= 4 is 45.0 Å². The minimum absolute atomic E-state index is 0.252. The summed E-state index contributed by atoms with van der Waals surface area (Å²) in [4.78, 5) is 14.7. The monoisotopic (exact) mass is 420 g/mol. The van der Waals surface area contributed by atoms with Crippen LogP contribution < -0.4 is 10.6 Å². The first-order chi connectivity index (χ1) is 11.9. The lowest BCUT2D eigenvalue weighted by Gasteiger charge is -2.35. The third-order valence-corrected chi connectivity index (χ3v) is 4.94. The Morgan fingerprint density at radius 2 is 2.16 bits per heavy atom. The van der Waals surface area contributed by atoms with Crippen LogP contribution in [0, 0.1) is 6.92 Å². The van der Waals surface area contributed by atoms with Crippen molar-refractivity contribution in [2.24, 2.45) is 0 Å². The van der Waals surface area contributed by atoms with E-state index in [9.17, 15) is 4.79 Å². The first-order valence-corrected chi connectivity index (χ1v) is 8.82. The molecule has 0 bridgehead atoms. The molecule has 1 atom stereocenters. The van der Waals surface area contributed by atoms with Gasteiger partial charge in [0.15, 0.2) is 10.9 Å². The summed E-state index contributed by atoms with van der Waals surface area (Å²) < 4.78 is 5.94. The van der Waals surface area contributed by atoms with Crippen LogP contribution in [-0.4, -0.2) is 28.1 Å². The number of rotatable bonds is 3. The summed E-state index contributed by atoms with van der Waals surface area (Å²) in [5, 5.41) is 10.4. The molecule has 1 aliphatic heterocycles. The Hall–Kier alpha value is -2.19. The Kier molecular flexibility index (Phi) is 4.91. The predicted octanol–water partition coefficient (Wildman–Crippen LogP) is 3.52. The molecule has 0 unspecified atom stereocenters. The lowest BCUT2D eigenvalue weighted by molar-refractivity contribution is -0.113. The molecule has 0 radical (unpaired) electrons. The van der Waals surface area contributed by atoms with Gasteiger partial charge in [0.1, 0.15) is 5.76 Å². The number of aryl methyl sites for hydroxylation is 1.